The topological polar surface area (TPSA) is 125 Å². The van der Waals surface area contributed by atoms with Crippen LogP contribution in [0.15, 0.2) is 56.5 Å². The summed E-state index contributed by atoms with van der Waals surface area (Å²) in [4.78, 5) is 27.2. The maximum atomic E-state index is 12.4. The number of nitrogens with zero attached hydrogens (tertiary/aromatic N) is 4. The van der Waals surface area contributed by atoms with Gasteiger partial charge in [0, 0.05) is 6.07 Å². The van der Waals surface area contributed by atoms with Gasteiger partial charge in [-0.2, -0.15) is 15.1 Å². The minimum Gasteiger partial charge on any atom is -0.456 e. The molecule has 2 aromatic rings. The first-order valence-electron chi connectivity index (χ1n) is 8.80. The Bertz CT molecular complexity index is 1130. The number of hydrazone groups is 1. The molecular formula is C19H15N5O4S. The monoisotopic (exact) mass is 409 g/mol. The summed E-state index contributed by atoms with van der Waals surface area (Å²) in [7, 11) is 0. The fraction of sp³-hybridized carbons (Fsp3) is 0.158. The maximum Gasteiger partial charge on any atom is 0.283 e. The number of nitrogens with one attached hydrogen (secondary N) is 1. The van der Waals surface area contributed by atoms with Crippen LogP contribution in [0.1, 0.15) is 25.5 Å². The van der Waals surface area contributed by atoms with Gasteiger partial charge in [-0.1, -0.05) is 19.1 Å². The Balaban J connectivity index is 1.66. The largest absolute Gasteiger partial charge is 0.456 e. The summed E-state index contributed by atoms with van der Waals surface area (Å²) in [6.07, 6.45) is 3.05. The summed E-state index contributed by atoms with van der Waals surface area (Å²) < 4.78 is 5.69. The van der Waals surface area contributed by atoms with Crippen molar-refractivity contribution in [1.29, 1.82) is 5.41 Å². The van der Waals surface area contributed by atoms with Crippen LogP contribution >= 0.6 is 11.8 Å². The van der Waals surface area contributed by atoms with Gasteiger partial charge in [-0.15, -0.1) is 0 Å². The van der Waals surface area contributed by atoms with E-state index in [4.69, 9.17) is 9.83 Å². The van der Waals surface area contributed by atoms with Crippen molar-refractivity contribution in [2.45, 2.75) is 19.8 Å². The number of para-hydroxylation sites is 1. The van der Waals surface area contributed by atoms with Crippen molar-refractivity contribution in [3.05, 3.63) is 57.8 Å². The van der Waals surface area contributed by atoms with Crippen molar-refractivity contribution in [3.8, 4) is 11.3 Å². The fourth-order valence-electron chi connectivity index (χ4n) is 2.91. The van der Waals surface area contributed by atoms with Crippen LogP contribution in [-0.2, 0) is 4.79 Å². The molecule has 1 aromatic heterocycles. The third kappa shape index (κ3) is 3.49. The number of thioether (sulfide) groups is 1. The van der Waals surface area contributed by atoms with Gasteiger partial charge >= 0.3 is 0 Å². The predicted octanol–water partition coefficient (Wildman–Crippen LogP) is 4.27. The van der Waals surface area contributed by atoms with Gasteiger partial charge < -0.3 is 4.42 Å². The number of carbonyl (C=O) groups is 1. The summed E-state index contributed by atoms with van der Waals surface area (Å²) in [5.74, 6) is -0.0507. The van der Waals surface area contributed by atoms with Gasteiger partial charge in [-0.25, -0.2) is 0 Å². The highest BCUT2D eigenvalue weighted by molar-refractivity contribution is 8.26. The van der Waals surface area contributed by atoms with Crippen LogP contribution in [-0.4, -0.2) is 31.9 Å². The number of furan rings is 1. The van der Waals surface area contributed by atoms with E-state index in [1.165, 1.54) is 28.9 Å². The molecule has 29 heavy (non-hydrogen) atoms. The van der Waals surface area contributed by atoms with E-state index >= 15 is 0 Å². The number of amides is 1. The van der Waals surface area contributed by atoms with Crippen molar-refractivity contribution in [1.82, 2.24) is 5.01 Å². The summed E-state index contributed by atoms with van der Waals surface area (Å²) in [6.45, 7) is 2.02. The van der Waals surface area contributed by atoms with Crippen LogP contribution in [0.25, 0.3) is 17.4 Å². The lowest BCUT2D eigenvalue weighted by Crippen LogP contribution is -2.35. The molecule has 0 spiro atoms. The highest BCUT2D eigenvalue weighted by Crippen LogP contribution is 2.33. The minimum atomic E-state index is -0.551. The number of carbonyl (C=O) groups excluding carboxylic acids is 1. The summed E-state index contributed by atoms with van der Waals surface area (Å²) in [5.41, 5.74) is 0.292. The molecule has 2 aliphatic rings. The molecule has 0 saturated heterocycles. The molecule has 0 unspecified atom stereocenters. The van der Waals surface area contributed by atoms with E-state index in [1.54, 1.807) is 30.3 Å². The van der Waals surface area contributed by atoms with Crippen LogP contribution in [0.4, 0.5) is 5.69 Å². The van der Waals surface area contributed by atoms with E-state index in [9.17, 15) is 14.9 Å². The lowest BCUT2D eigenvalue weighted by atomic mass is 10.1. The maximum absolute atomic E-state index is 12.4. The molecule has 0 radical (unpaired) electrons. The number of amidine groups is 2. The fourth-order valence-corrected chi connectivity index (χ4v) is 3.89. The molecule has 0 fully saturated rings. The van der Waals surface area contributed by atoms with Gasteiger partial charge in [0.05, 0.1) is 16.1 Å². The first-order chi connectivity index (χ1) is 14.0. The Morgan fingerprint density at radius 2 is 2.10 bits per heavy atom. The Morgan fingerprint density at radius 1 is 1.31 bits per heavy atom. The number of hydrogen-bond donors (Lipinski definition) is 1. The van der Waals surface area contributed by atoms with E-state index in [-0.39, 0.29) is 22.9 Å². The Kier molecular flexibility index (Phi) is 4.85. The second kappa shape index (κ2) is 7.47. The molecule has 0 bridgehead atoms. The Labute approximate surface area is 169 Å². The van der Waals surface area contributed by atoms with Gasteiger partial charge in [0.2, 0.25) is 5.17 Å². The molecule has 0 saturated carbocycles. The Morgan fingerprint density at radius 3 is 2.86 bits per heavy atom. The molecule has 9 nitrogen and oxygen atoms in total. The zero-order chi connectivity index (χ0) is 20.5. The summed E-state index contributed by atoms with van der Waals surface area (Å²) >= 11 is 1.29. The molecule has 10 heteroatoms. The van der Waals surface area contributed by atoms with E-state index in [0.29, 0.717) is 16.5 Å². The number of benzene rings is 1. The van der Waals surface area contributed by atoms with E-state index in [1.807, 2.05) is 6.92 Å². The van der Waals surface area contributed by atoms with Crippen molar-refractivity contribution in [2.75, 3.05) is 0 Å². The SMILES string of the molecule is CCCC1=NN2C(=N)C(=Cc3ccc(-c4ccccc4[N+](=O)[O-])o3)C(=O)N=C2S1. The Hall–Kier alpha value is -3.53. The lowest BCUT2D eigenvalue weighted by molar-refractivity contribution is -0.384. The van der Waals surface area contributed by atoms with Crippen molar-refractivity contribution in [3.63, 3.8) is 0 Å². The third-order valence-electron chi connectivity index (χ3n) is 4.24. The zero-order valence-electron chi connectivity index (χ0n) is 15.3. The standard InChI is InChI=1S/C19H15N5O4S/c1-2-5-16-22-23-17(20)13(18(25)21-19(23)29-16)10-11-8-9-15(28-11)12-6-3-4-7-14(12)24(26)27/h3-4,6-10,20H,2,5H2,1H3. The molecular weight excluding hydrogens is 394 g/mol. The average Bonchev–Trinajstić information content (AvgIpc) is 3.32. The molecule has 3 heterocycles. The zero-order valence-corrected chi connectivity index (χ0v) is 16.1. The summed E-state index contributed by atoms with van der Waals surface area (Å²) in [6, 6.07) is 9.41. The smallest absolute Gasteiger partial charge is 0.283 e. The van der Waals surface area contributed by atoms with Crippen LogP contribution in [0, 0.1) is 15.5 Å². The van der Waals surface area contributed by atoms with Crippen LogP contribution in [0.2, 0.25) is 0 Å². The quantitative estimate of drug-likeness (QED) is 0.446. The molecule has 1 amide bonds. The number of rotatable bonds is 5. The van der Waals surface area contributed by atoms with Crippen molar-refractivity contribution in [2.24, 2.45) is 10.1 Å². The molecule has 1 aromatic carbocycles. The highest BCUT2D eigenvalue weighted by Gasteiger charge is 2.35. The van der Waals surface area contributed by atoms with Gasteiger partial charge in [0.15, 0.2) is 5.84 Å². The van der Waals surface area contributed by atoms with Gasteiger partial charge in [0.25, 0.3) is 11.6 Å². The van der Waals surface area contributed by atoms with Gasteiger partial charge in [0.1, 0.15) is 16.6 Å². The normalized spacial score (nSPS) is 17.4. The third-order valence-corrected chi connectivity index (χ3v) is 5.21. The van der Waals surface area contributed by atoms with Gasteiger partial charge in [-0.05, 0) is 48.9 Å². The van der Waals surface area contributed by atoms with Crippen LogP contribution in [0.5, 0.6) is 0 Å². The molecule has 1 N–H and O–H groups in total. The van der Waals surface area contributed by atoms with Crippen LogP contribution < -0.4 is 0 Å². The molecule has 146 valence electrons. The number of hydrogen-bond acceptors (Lipinski definition) is 7. The van der Waals surface area contributed by atoms with E-state index < -0.39 is 10.8 Å². The highest BCUT2D eigenvalue weighted by atomic mass is 32.2. The number of nitro groups is 1. The average molecular weight is 409 g/mol. The van der Waals surface area contributed by atoms with Gasteiger partial charge in [-0.3, -0.25) is 20.3 Å². The summed E-state index contributed by atoms with van der Waals surface area (Å²) in [5, 5.41) is 26.4. The molecule has 4 rings (SSSR count). The van der Waals surface area contributed by atoms with E-state index in [0.717, 1.165) is 17.9 Å². The number of fused-ring (bicyclic) bond motifs is 1. The van der Waals surface area contributed by atoms with E-state index in [2.05, 4.69) is 10.1 Å². The van der Waals surface area contributed by atoms with Crippen molar-refractivity contribution < 1.29 is 14.1 Å². The second-order valence-corrected chi connectivity index (χ2v) is 7.28. The molecule has 0 aliphatic carbocycles. The predicted molar refractivity (Wildman–Crippen MR) is 111 cm³/mol. The van der Waals surface area contributed by atoms with Crippen LogP contribution in [0.3, 0.4) is 0 Å². The number of aliphatic imine (C=N–C) groups is 1. The lowest BCUT2D eigenvalue weighted by Gasteiger charge is -2.19. The molecule has 2 aliphatic heterocycles. The first-order valence-corrected chi connectivity index (χ1v) is 9.62. The first kappa shape index (κ1) is 18.8. The van der Waals surface area contributed by atoms with Crippen molar-refractivity contribution >= 4 is 45.5 Å². The molecule has 0 atom stereocenters. The second-order valence-electron chi connectivity index (χ2n) is 6.24. The minimum absolute atomic E-state index is 0.0410. The number of nitro benzene ring substituents is 1.